The van der Waals surface area contributed by atoms with E-state index in [1.165, 1.54) is 0 Å². The van der Waals surface area contributed by atoms with Gasteiger partial charge in [-0.25, -0.2) is 0 Å². The molecule has 0 unspecified atom stereocenters. The first-order chi connectivity index (χ1) is 6.88. The molecule has 0 aliphatic carbocycles. The Morgan fingerprint density at radius 1 is 1.53 bits per heavy atom. The van der Waals surface area contributed by atoms with Crippen LogP contribution in [0.3, 0.4) is 0 Å². The summed E-state index contributed by atoms with van der Waals surface area (Å²) in [5.41, 5.74) is 4.77. The molecule has 0 saturated heterocycles. The van der Waals surface area contributed by atoms with Gasteiger partial charge in [-0.2, -0.15) is 18.2 Å². The highest BCUT2D eigenvalue weighted by Crippen LogP contribution is 2.15. The lowest BCUT2D eigenvalue weighted by Gasteiger charge is -2.04. The minimum absolute atomic E-state index is 0.173. The normalized spacial score (nSPS) is 11.7. The zero-order chi connectivity index (χ0) is 11.5. The summed E-state index contributed by atoms with van der Waals surface area (Å²) in [7, 11) is 0. The number of amides is 1. The molecule has 0 fully saturated rings. The van der Waals surface area contributed by atoms with Crippen molar-refractivity contribution in [1.82, 2.24) is 10.1 Å². The van der Waals surface area contributed by atoms with E-state index in [9.17, 15) is 18.0 Å². The van der Waals surface area contributed by atoms with Gasteiger partial charge in [0.2, 0.25) is 0 Å². The molecule has 84 valence electrons. The molecule has 1 aromatic rings. The van der Waals surface area contributed by atoms with Gasteiger partial charge in [0, 0.05) is 0 Å². The van der Waals surface area contributed by atoms with E-state index in [4.69, 9.17) is 5.73 Å². The number of nitrogens with zero attached hydrogens (tertiary/aromatic N) is 2. The molecule has 1 amide bonds. The second kappa shape index (κ2) is 4.26. The second-order valence-electron chi connectivity index (χ2n) is 2.49. The lowest BCUT2D eigenvalue weighted by Crippen LogP contribution is -2.17. The predicted octanol–water partition coefficient (Wildman–Crippen LogP) is 0.247. The van der Waals surface area contributed by atoms with Gasteiger partial charge < -0.3 is 15.0 Å². The number of rotatable bonds is 4. The Balaban J connectivity index is 2.41. The SMILES string of the molecule is NC(=O)c1nc(COCC(F)(F)F)no1. The van der Waals surface area contributed by atoms with E-state index >= 15 is 0 Å². The molecule has 0 saturated carbocycles. The molecule has 0 atom stereocenters. The van der Waals surface area contributed by atoms with E-state index in [1.54, 1.807) is 0 Å². The van der Waals surface area contributed by atoms with Crippen LogP contribution in [-0.4, -0.2) is 28.8 Å². The standard InChI is InChI=1S/C6H6F3N3O3/c7-6(8,9)2-14-1-3-11-5(4(10)13)15-12-3/h1-2H2,(H2,10,13). The van der Waals surface area contributed by atoms with Crippen molar-refractivity contribution >= 4 is 5.91 Å². The summed E-state index contributed by atoms with van der Waals surface area (Å²) in [5, 5.41) is 3.18. The molecule has 0 aromatic carbocycles. The molecule has 0 radical (unpaired) electrons. The van der Waals surface area contributed by atoms with Crippen molar-refractivity contribution in [3.8, 4) is 0 Å². The summed E-state index contributed by atoms with van der Waals surface area (Å²) in [6.45, 7) is -1.93. The maximum Gasteiger partial charge on any atom is 0.411 e. The highest BCUT2D eigenvalue weighted by Gasteiger charge is 2.27. The lowest BCUT2D eigenvalue weighted by molar-refractivity contribution is -0.177. The Labute approximate surface area is 81.2 Å². The molecule has 1 aromatic heterocycles. The number of carbonyl (C=O) groups is 1. The van der Waals surface area contributed by atoms with Gasteiger partial charge in [-0.15, -0.1) is 0 Å². The molecule has 1 rings (SSSR count). The first-order valence-electron chi connectivity index (χ1n) is 3.65. The fraction of sp³-hybridized carbons (Fsp3) is 0.500. The smallest absolute Gasteiger partial charge is 0.364 e. The van der Waals surface area contributed by atoms with E-state index in [0.29, 0.717) is 0 Å². The molecular formula is C6H6F3N3O3. The van der Waals surface area contributed by atoms with Gasteiger partial charge in [0.05, 0.1) is 0 Å². The van der Waals surface area contributed by atoms with Crippen molar-refractivity contribution in [2.45, 2.75) is 12.8 Å². The van der Waals surface area contributed by atoms with E-state index in [-0.39, 0.29) is 5.82 Å². The van der Waals surface area contributed by atoms with Gasteiger partial charge in [-0.05, 0) is 0 Å². The summed E-state index contributed by atoms with van der Waals surface area (Å²) in [5.74, 6) is -1.60. The zero-order valence-electron chi connectivity index (χ0n) is 7.24. The van der Waals surface area contributed by atoms with Crippen molar-refractivity contribution in [3.63, 3.8) is 0 Å². The molecular weight excluding hydrogens is 219 g/mol. The Morgan fingerprint density at radius 3 is 2.67 bits per heavy atom. The van der Waals surface area contributed by atoms with Gasteiger partial charge in [-0.3, -0.25) is 4.79 Å². The van der Waals surface area contributed by atoms with E-state index in [0.717, 1.165) is 0 Å². The van der Waals surface area contributed by atoms with Gasteiger partial charge in [-0.1, -0.05) is 5.16 Å². The number of hydrogen-bond acceptors (Lipinski definition) is 5. The number of carbonyl (C=O) groups excluding carboxylic acids is 1. The van der Waals surface area contributed by atoms with Crippen LogP contribution in [0.2, 0.25) is 0 Å². The van der Waals surface area contributed by atoms with Crippen LogP contribution in [0, 0.1) is 0 Å². The summed E-state index contributed by atoms with van der Waals surface area (Å²) < 4.78 is 43.4. The molecule has 1 heterocycles. The van der Waals surface area contributed by atoms with Crippen molar-refractivity contribution in [2.24, 2.45) is 5.73 Å². The van der Waals surface area contributed by atoms with Gasteiger partial charge in [0.25, 0.3) is 0 Å². The number of alkyl halides is 3. The Hall–Kier alpha value is -1.64. The van der Waals surface area contributed by atoms with E-state index in [2.05, 4.69) is 19.4 Å². The molecule has 15 heavy (non-hydrogen) atoms. The number of halogens is 3. The second-order valence-corrected chi connectivity index (χ2v) is 2.49. The lowest BCUT2D eigenvalue weighted by atomic mass is 10.6. The summed E-state index contributed by atoms with van der Waals surface area (Å²) >= 11 is 0. The summed E-state index contributed by atoms with van der Waals surface area (Å²) in [6, 6.07) is 0. The quantitative estimate of drug-likeness (QED) is 0.792. The average Bonchev–Trinajstić information content (AvgIpc) is 2.50. The summed E-state index contributed by atoms with van der Waals surface area (Å²) in [6.07, 6.45) is -4.42. The first-order valence-corrected chi connectivity index (χ1v) is 3.65. The first kappa shape index (κ1) is 11.4. The highest BCUT2D eigenvalue weighted by atomic mass is 19.4. The summed E-state index contributed by atoms with van der Waals surface area (Å²) in [4.78, 5) is 13.8. The molecule has 6 nitrogen and oxygen atoms in total. The molecule has 0 bridgehead atoms. The number of ether oxygens (including phenoxy) is 1. The van der Waals surface area contributed by atoms with Crippen molar-refractivity contribution < 1.29 is 27.2 Å². The molecule has 0 spiro atoms. The van der Waals surface area contributed by atoms with Crippen LogP contribution < -0.4 is 5.73 Å². The van der Waals surface area contributed by atoms with Crippen molar-refractivity contribution in [1.29, 1.82) is 0 Å². The van der Waals surface area contributed by atoms with Gasteiger partial charge in [0.1, 0.15) is 13.2 Å². The van der Waals surface area contributed by atoms with Gasteiger partial charge >= 0.3 is 18.0 Å². The molecule has 2 N–H and O–H groups in total. The zero-order valence-corrected chi connectivity index (χ0v) is 7.24. The van der Waals surface area contributed by atoms with E-state index < -0.39 is 31.2 Å². The minimum Gasteiger partial charge on any atom is -0.364 e. The van der Waals surface area contributed by atoms with Crippen molar-refractivity contribution in [3.05, 3.63) is 11.7 Å². The van der Waals surface area contributed by atoms with Crippen molar-refractivity contribution in [2.75, 3.05) is 6.61 Å². The maximum absolute atomic E-state index is 11.6. The average molecular weight is 225 g/mol. The third kappa shape index (κ3) is 3.94. The topological polar surface area (TPSA) is 91.2 Å². The highest BCUT2D eigenvalue weighted by molar-refractivity contribution is 5.87. The predicted molar refractivity (Wildman–Crippen MR) is 38.5 cm³/mol. The number of hydrogen-bond donors (Lipinski definition) is 1. The van der Waals surface area contributed by atoms with Crippen LogP contribution in [0.15, 0.2) is 4.52 Å². The molecule has 9 heteroatoms. The third-order valence-corrected chi connectivity index (χ3v) is 1.18. The van der Waals surface area contributed by atoms with Crippen LogP contribution in [0.5, 0.6) is 0 Å². The van der Waals surface area contributed by atoms with Crippen LogP contribution in [0.1, 0.15) is 16.5 Å². The maximum atomic E-state index is 11.6. The number of nitrogens with two attached hydrogens (primary N) is 1. The molecule has 0 aliphatic heterocycles. The van der Waals surface area contributed by atoms with Crippen LogP contribution >= 0.6 is 0 Å². The number of aromatic nitrogens is 2. The monoisotopic (exact) mass is 225 g/mol. The van der Waals surface area contributed by atoms with Crippen LogP contribution in [0.4, 0.5) is 13.2 Å². The Morgan fingerprint density at radius 2 is 2.20 bits per heavy atom. The third-order valence-electron chi connectivity index (χ3n) is 1.18. The molecule has 0 aliphatic rings. The van der Waals surface area contributed by atoms with Gasteiger partial charge in [0.15, 0.2) is 5.82 Å². The number of primary amides is 1. The van der Waals surface area contributed by atoms with Crippen LogP contribution in [0.25, 0.3) is 0 Å². The Kier molecular flexibility index (Phi) is 3.24. The minimum atomic E-state index is -4.42. The fourth-order valence-electron chi connectivity index (χ4n) is 0.671. The largest absolute Gasteiger partial charge is 0.411 e. The fourth-order valence-corrected chi connectivity index (χ4v) is 0.671. The van der Waals surface area contributed by atoms with Crippen LogP contribution in [-0.2, 0) is 11.3 Å². The Bertz CT molecular complexity index is 349. The van der Waals surface area contributed by atoms with E-state index in [1.807, 2.05) is 0 Å².